The van der Waals surface area contributed by atoms with Crippen LogP contribution in [0.2, 0.25) is 0 Å². The highest BCUT2D eigenvalue weighted by molar-refractivity contribution is 5.85. The molecular formula is C28H34ClNO2. The summed E-state index contributed by atoms with van der Waals surface area (Å²) in [6.45, 7) is 0.887. The molecule has 0 unspecified atom stereocenters. The van der Waals surface area contributed by atoms with Crippen molar-refractivity contribution in [3.8, 4) is 11.5 Å². The molecule has 170 valence electrons. The minimum absolute atomic E-state index is 0. The topological polar surface area (TPSA) is 30.5 Å². The summed E-state index contributed by atoms with van der Waals surface area (Å²) >= 11 is 0. The van der Waals surface area contributed by atoms with E-state index in [4.69, 9.17) is 9.47 Å². The van der Waals surface area contributed by atoms with Crippen LogP contribution in [0.15, 0.2) is 48.5 Å². The van der Waals surface area contributed by atoms with Gasteiger partial charge in [0.05, 0.1) is 6.10 Å². The molecule has 4 aliphatic carbocycles. The summed E-state index contributed by atoms with van der Waals surface area (Å²) in [5.41, 5.74) is 3.08. The first-order valence-electron chi connectivity index (χ1n) is 12.5. The van der Waals surface area contributed by atoms with Crippen LogP contribution < -0.4 is 10.1 Å². The lowest BCUT2D eigenvalue weighted by atomic mass is 9.46. The van der Waals surface area contributed by atoms with Crippen molar-refractivity contribution in [1.29, 1.82) is 0 Å². The van der Waals surface area contributed by atoms with Crippen LogP contribution in [0, 0.1) is 29.1 Å². The van der Waals surface area contributed by atoms with Gasteiger partial charge in [-0.25, -0.2) is 0 Å². The predicted molar refractivity (Wildman–Crippen MR) is 130 cm³/mol. The Hall–Kier alpha value is -1.71. The Balaban J connectivity index is 0.00000196. The summed E-state index contributed by atoms with van der Waals surface area (Å²) < 4.78 is 12.7. The third kappa shape index (κ3) is 3.35. The molecule has 0 aromatic heterocycles. The Morgan fingerprint density at radius 1 is 0.875 bits per heavy atom. The first kappa shape index (κ1) is 20.9. The molecule has 0 radical (unpaired) electrons. The number of fused-ring (bicyclic) bond motifs is 3. The zero-order valence-electron chi connectivity index (χ0n) is 18.7. The van der Waals surface area contributed by atoms with Crippen LogP contribution in [0.25, 0.3) is 0 Å². The normalized spacial score (nSPS) is 38.8. The molecule has 8 rings (SSSR count). The average Bonchev–Trinajstić information content (AvgIpc) is 2.78. The standard InChI is InChI=1S/C28H33NO2.ClH/c1-2-5-21(6-3-1)31-22-8-9-25-24(14-22)26-23(7-4-10-30-26)27(29-25)28-15-18-11-19(16-28)13-20(12-18)17-28;/h1-3,5-6,8-9,14,18-20,23,26-27,29H,4,7,10-13,15-17H2;1H/t18?,19?,20?,23-,26+,27+,28?;/m1./s1. The predicted octanol–water partition coefficient (Wildman–Crippen LogP) is 7.38. The summed E-state index contributed by atoms with van der Waals surface area (Å²) in [5, 5.41) is 4.11. The van der Waals surface area contributed by atoms with E-state index >= 15 is 0 Å². The van der Waals surface area contributed by atoms with Gasteiger partial charge in [0, 0.05) is 29.8 Å². The number of ether oxygens (including phenoxy) is 2. The van der Waals surface area contributed by atoms with Gasteiger partial charge in [-0.05, 0) is 105 Å². The maximum atomic E-state index is 6.51. The van der Waals surface area contributed by atoms with Crippen LogP contribution >= 0.6 is 12.4 Å². The van der Waals surface area contributed by atoms with E-state index in [1.54, 1.807) is 0 Å². The molecule has 3 atom stereocenters. The molecule has 6 aliphatic rings. The SMILES string of the molecule is Cl.c1ccc(Oc2ccc3c(c2)[C@H]2OCCC[C@H]2[C@@H](C24CC5CC(CC(C5)C2)C4)N3)cc1. The molecule has 4 saturated carbocycles. The molecule has 2 aliphatic heterocycles. The molecule has 4 heteroatoms. The van der Waals surface area contributed by atoms with Gasteiger partial charge in [-0.15, -0.1) is 12.4 Å². The van der Waals surface area contributed by atoms with E-state index in [1.165, 1.54) is 62.6 Å². The number of hydrogen-bond acceptors (Lipinski definition) is 3. The van der Waals surface area contributed by atoms with Gasteiger partial charge in [0.15, 0.2) is 0 Å². The number of para-hydroxylation sites is 1. The maximum Gasteiger partial charge on any atom is 0.127 e. The highest BCUT2D eigenvalue weighted by atomic mass is 35.5. The van der Waals surface area contributed by atoms with Crippen molar-refractivity contribution in [2.24, 2.45) is 29.1 Å². The molecule has 2 heterocycles. The number of rotatable bonds is 3. The van der Waals surface area contributed by atoms with Crippen molar-refractivity contribution in [2.75, 3.05) is 11.9 Å². The van der Waals surface area contributed by atoms with Crippen LogP contribution in [-0.4, -0.2) is 12.6 Å². The molecule has 3 nitrogen and oxygen atoms in total. The van der Waals surface area contributed by atoms with E-state index in [-0.39, 0.29) is 18.5 Å². The molecule has 1 saturated heterocycles. The number of nitrogens with one attached hydrogen (secondary N) is 1. The Morgan fingerprint density at radius 2 is 1.59 bits per heavy atom. The van der Waals surface area contributed by atoms with E-state index in [9.17, 15) is 0 Å². The lowest BCUT2D eigenvalue weighted by Gasteiger charge is -2.62. The zero-order valence-corrected chi connectivity index (χ0v) is 19.5. The van der Waals surface area contributed by atoms with Crippen LogP contribution in [0.5, 0.6) is 11.5 Å². The van der Waals surface area contributed by atoms with Crippen molar-refractivity contribution in [3.63, 3.8) is 0 Å². The quantitative estimate of drug-likeness (QED) is 0.528. The van der Waals surface area contributed by atoms with Crippen LogP contribution in [0.4, 0.5) is 5.69 Å². The van der Waals surface area contributed by atoms with E-state index in [0.717, 1.165) is 35.9 Å². The zero-order chi connectivity index (χ0) is 20.4. The first-order valence-corrected chi connectivity index (χ1v) is 12.5. The molecule has 0 spiro atoms. The van der Waals surface area contributed by atoms with Gasteiger partial charge in [0.1, 0.15) is 11.5 Å². The van der Waals surface area contributed by atoms with E-state index in [2.05, 4.69) is 23.5 Å². The summed E-state index contributed by atoms with van der Waals surface area (Å²) in [6, 6.07) is 17.3. The van der Waals surface area contributed by atoms with Gasteiger partial charge < -0.3 is 14.8 Å². The number of halogens is 1. The highest BCUT2D eigenvalue weighted by Gasteiger charge is 2.58. The Labute approximate surface area is 197 Å². The molecule has 5 fully saturated rings. The monoisotopic (exact) mass is 451 g/mol. The minimum atomic E-state index is 0. The van der Waals surface area contributed by atoms with Gasteiger partial charge >= 0.3 is 0 Å². The number of hydrogen-bond donors (Lipinski definition) is 1. The lowest BCUT2D eigenvalue weighted by molar-refractivity contribution is -0.108. The third-order valence-electron chi connectivity index (χ3n) is 9.16. The highest BCUT2D eigenvalue weighted by Crippen LogP contribution is 2.64. The smallest absolute Gasteiger partial charge is 0.127 e. The van der Waals surface area contributed by atoms with Gasteiger partial charge in [-0.2, -0.15) is 0 Å². The number of anilines is 1. The molecule has 4 bridgehead atoms. The molecule has 0 amide bonds. The second kappa shape index (κ2) is 7.95. The Kier molecular flexibility index (Phi) is 5.19. The number of benzene rings is 2. The second-order valence-corrected chi connectivity index (χ2v) is 11.2. The van der Waals surface area contributed by atoms with Gasteiger partial charge in [0.25, 0.3) is 0 Å². The molecular weight excluding hydrogens is 418 g/mol. The molecule has 2 aromatic carbocycles. The van der Waals surface area contributed by atoms with E-state index < -0.39 is 0 Å². The summed E-state index contributed by atoms with van der Waals surface area (Å²) in [4.78, 5) is 0. The fraction of sp³-hybridized carbons (Fsp3) is 0.571. The largest absolute Gasteiger partial charge is 0.457 e. The van der Waals surface area contributed by atoms with Crippen molar-refractivity contribution < 1.29 is 9.47 Å². The van der Waals surface area contributed by atoms with Gasteiger partial charge in [0.2, 0.25) is 0 Å². The van der Waals surface area contributed by atoms with Gasteiger partial charge in [-0.1, -0.05) is 18.2 Å². The first-order chi connectivity index (χ1) is 15.3. The summed E-state index contributed by atoms with van der Waals surface area (Å²) in [5.74, 6) is 5.34. The molecule has 32 heavy (non-hydrogen) atoms. The Bertz CT molecular complexity index is 941. The van der Waals surface area contributed by atoms with Gasteiger partial charge in [-0.3, -0.25) is 0 Å². The van der Waals surface area contributed by atoms with Crippen molar-refractivity contribution >= 4 is 18.1 Å². The van der Waals surface area contributed by atoms with E-state index in [0.29, 0.717) is 17.4 Å². The van der Waals surface area contributed by atoms with Crippen molar-refractivity contribution in [2.45, 2.75) is 63.5 Å². The third-order valence-corrected chi connectivity index (χ3v) is 9.16. The fourth-order valence-electron chi connectivity index (χ4n) is 8.50. The second-order valence-electron chi connectivity index (χ2n) is 11.2. The summed E-state index contributed by atoms with van der Waals surface area (Å²) in [7, 11) is 0. The van der Waals surface area contributed by atoms with Crippen molar-refractivity contribution in [1.82, 2.24) is 0 Å². The summed E-state index contributed by atoms with van der Waals surface area (Å²) in [6.07, 6.45) is 11.6. The molecule has 1 N–H and O–H groups in total. The average molecular weight is 452 g/mol. The van der Waals surface area contributed by atoms with Crippen LogP contribution in [-0.2, 0) is 4.74 Å². The van der Waals surface area contributed by atoms with Crippen LogP contribution in [0.3, 0.4) is 0 Å². The maximum absolute atomic E-state index is 6.51. The van der Waals surface area contributed by atoms with Crippen molar-refractivity contribution in [3.05, 3.63) is 54.1 Å². The van der Waals surface area contributed by atoms with Crippen LogP contribution in [0.1, 0.15) is 63.0 Å². The minimum Gasteiger partial charge on any atom is -0.457 e. The van der Waals surface area contributed by atoms with E-state index in [1.807, 2.05) is 30.3 Å². The fourth-order valence-corrected chi connectivity index (χ4v) is 8.50. The molecule has 2 aromatic rings. The lowest BCUT2D eigenvalue weighted by Crippen LogP contribution is -2.58. The Morgan fingerprint density at radius 3 is 2.31 bits per heavy atom.